The van der Waals surface area contributed by atoms with Crippen molar-refractivity contribution in [2.24, 2.45) is 0 Å². The van der Waals surface area contributed by atoms with Gasteiger partial charge >= 0.3 is 12.1 Å². The second kappa shape index (κ2) is 9.02. The van der Waals surface area contributed by atoms with E-state index in [1.165, 1.54) is 14.2 Å². The Morgan fingerprint density at radius 3 is 1.50 bits per heavy atom. The van der Waals surface area contributed by atoms with Crippen molar-refractivity contribution >= 4 is 46.6 Å². The molecule has 0 aromatic heterocycles. The van der Waals surface area contributed by atoms with Crippen molar-refractivity contribution in [2.75, 3.05) is 24.9 Å². The lowest BCUT2D eigenvalue weighted by molar-refractivity contribution is 0.237. The van der Waals surface area contributed by atoms with E-state index in [0.717, 1.165) is 0 Å². The summed E-state index contributed by atoms with van der Waals surface area (Å²) in [5, 5.41) is 5.96. The van der Waals surface area contributed by atoms with Crippen LogP contribution in [-0.2, 0) is 0 Å². The molecule has 0 fully saturated rings. The fraction of sp³-hybridized carbons (Fsp3) is 0.125. The van der Waals surface area contributed by atoms with Gasteiger partial charge in [0.2, 0.25) is 0 Å². The molecule has 0 radical (unpaired) electrons. The number of anilines is 2. The molecule has 0 unspecified atom stereocenters. The third-order valence-corrected chi connectivity index (χ3v) is 3.58. The van der Waals surface area contributed by atoms with E-state index in [4.69, 9.17) is 32.7 Å². The number of urea groups is 2. The maximum absolute atomic E-state index is 11.9. The molecule has 0 heterocycles. The summed E-state index contributed by atoms with van der Waals surface area (Å²) in [6, 6.07) is 8.06. The van der Waals surface area contributed by atoms with E-state index in [0.29, 0.717) is 32.9 Å². The van der Waals surface area contributed by atoms with Gasteiger partial charge in [0.15, 0.2) is 0 Å². The van der Waals surface area contributed by atoms with Gasteiger partial charge in [-0.25, -0.2) is 20.4 Å². The lowest BCUT2D eigenvalue weighted by atomic mass is 10.3. The molecule has 0 aliphatic carbocycles. The Bertz CT molecular complexity index is 749. The monoisotopic (exact) mass is 398 g/mol. The highest BCUT2D eigenvalue weighted by atomic mass is 35.5. The Labute approximate surface area is 159 Å². The molecule has 0 bridgehead atoms. The van der Waals surface area contributed by atoms with Crippen LogP contribution in [0.4, 0.5) is 21.0 Å². The van der Waals surface area contributed by atoms with Crippen molar-refractivity contribution in [1.29, 1.82) is 0 Å². The Morgan fingerprint density at radius 2 is 1.15 bits per heavy atom. The first-order valence-electron chi connectivity index (χ1n) is 7.24. The molecule has 138 valence electrons. The zero-order valence-electron chi connectivity index (χ0n) is 13.9. The normalized spacial score (nSPS) is 9.85. The molecule has 0 aliphatic heterocycles. The molecule has 4 N–H and O–H groups in total. The van der Waals surface area contributed by atoms with Gasteiger partial charge < -0.3 is 20.1 Å². The van der Waals surface area contributed by atoms with Gasteiger partial charge in [0, 0.05) is 22.2 Å². The largest absolute Gasteiger partial charge is 0.495 e. The van der Waals surface area contributed by atoms with Crippen LogP contribution in [0.15, 0.2) is 36.4 Å². The van der Waals surface area contributed by atoms with Crippen LogP contribution in [0.1, 0.15) is 0 Å². The highest BCUT2D eigenvalue weighted by molar-refractivity contribution is 6.31. The van der Waals surface area contributed by atoms with Crippen LogP contribution in [-0.4, -0.2) is 26.3 Å². The van der Waals surface area contributed by atoms with Gasteiger partial charge in [-0.1, -0.05) is 23.2 Å². The van der Waals surface area contributed by atoms with Gasteiger partial charge in [0.25, 0.3) is 0 Å². The number of nitrogens with one attached hydrogen (secondary N) is 4. The Hall–Kier alpha value is -2.84. The number of hydrazine groups is 1. The smallest absolute Gasteiger partial charge is 0.338 e. The Balaban J connectivity index is 1.90. The molecule has 0 atom stereocenters. The standard InChI is InChI=1S/C16H16Cl2N4O4/c1-25-13-7-9(17)3-5-11(13)19-15(23)21-22-16(24)20-12-6-4-10(18)8-14(12)26-2/h3-8H,1-2H3,(H2,19,21,23)(H2,20,22,24). The van der Waals surface area contributed by atoms with Gasteiger partial charge in [-0.15, -0.1) is 0 Å². The molecular formula is C16H16Cl2N4O4. The van der Waals surface area contributed by atoms with Crippen molar-refractivity contribution in [3.05, 3.63) is 46.4 Å². The average Bonchev–Trinajstić information content (AvgIpc) is 2.62. The summed E-state index contributed by atoms with van der Waals surface area (Å²) in [4.78, 5) is 23.8. The van der Waals surface area contributed by atoms with Crippen LogP contribution >= 0.6 is 23.2 Å². The van der Waals surface area contributed by atoms with E-state index in [9.17, 15) is 9.59 Å². The molecule has 4 amide bonds. The van der Waals surface area contributed by atoms with Gasteiger partial charge in [-0.2, -0.15) is 0 Å². The van der Waals surface area contributed by atoms with Crippen molar-refractivity contribution in [3.63, 3.8) is 0 Å². The predicted octanol–water partition coefficient (Wildman–Crippen LogP) is 3.87. The minimum Gasteiger partial charge on any atom is -0.495 e. The fourth-order valence-electron chi connectivity index (χ4n) is 1.96. The first-order valence-corrected chi connectivity index (χ1v) is 7.99. The van der Waals surface area contributed by atoms with Gasteiger partial charge in [-0.3, -0.25) is 0 Å². The molecule has 0 saturated heterocycles. The summed E-state index contributed by atoms with van der Waals surface area (Å²) in [7, 11) is 2.89. The number of rotatable bonds is 4. The number of amides is 4. The zero-order valence-corrected chi connectivity index (χ0v) is 15.4. The third-order valence-electron chi connectivity index (χ3n) is 3.11. The molecule has 2 rings (SSSR count). The maximum atomic E-state index is 11.9. The number of hydrogen-bond acceptors (Lipinski definition) is 4. The minimum atomic E-state index is -0.677. The van der Waals surface area contributed by atoms with E-state index in [1.54, 1.807) is 36.4 Å². The van der Waals surface area contributed by atoms with Crippen molar-refractivity contribution in [2.45, 2.75) is 0 Å². The number of ether oxygens (including phenoxy) is 2. The van der Waals surface area contributed by atoms with E-state index in [1.807, 2.05) is 0 Å². The number of carbonyl (C=O) groups excluding carboxylic acids is 2. The van der Waals surface area contributed by atoms with Crippen molar-refractivity contribution in [1.82, 2.24) is 10.9 Å². The third kappa shape index (κ3) is 5.33. The van der Waals surface area contributed by atoms with Crippen LogP contribution in [0.2, 0.25) is 10.0 Å². The van der Waals surface area contributed by atoms with E-state index in [2.05, 4.69) is 21.5 Å². The van der Waals surface area contributed by atoms with Gasteiger partial charge in [-0.05, 0) is 24.3 Å². The summed E-state index contributed by atoms with van der Waals surface area (Å²) in [6.45, 7) is 0. The van der Waals surface area contributed by atoms with Gasteiger partial charge in [0.05, 0.1) is 25.6 Å². The summed E-state index contributed by atoms with van der Waals surface area (Å²) in [5.41, 5.74) is 5.17. The van der Waals surface area contributed by atoms with E-state index >= 15 is 0 Å². The van der Waals surface area contributed by atoms with Crippen LogP contribution in [0.3, 0.4) is 0 Å². The summed E-state index contributed by atoms with van der Waals surface area (Å²) < 4.78 is 10.2. The highest BCUT2D eigenvalue weighted by Crippen LogP contribution is 2.28. The topological polar surface area (TPSA) is 101 Å². The highest BCUT2D eigenvalue weighted by Gasteiger charge is 2.11. The average molecular weight is 399 g/mol. The molecule has 2 aromatic rings. The van der Waals surface area contributed by atoms with Crippen LogP contribution in [0.5, 0.6) is 11.5 Å². The number of hydrogen-bond donors (Lipinski definition) is 4. The number of methoxy groups -OCH3 is 2. The fourth-order valence-corrected chi connectivity index (χ4v) is 2.28. The number of carbonyl (C=O) groups is 2. The number of halogens is 2. The second-order valence-corrected chi connectivity index (χ2v) is 5.72. The Morgan fingerprint density at radius 1 is 0.769 bits per heavy atom. The first-order chi connectivity index (χ1) is 12.4. The lowest BCUT2D eigenvalue weighted by Crippen LogP contribution is -2.45. The van der Waals surface area contributed by atoms with E-state index < -0.39 is 12.1 Å². The molecule has 26 heavy (non-hydrogen) atoms. The molecule has 0 spiro atoms. The molecule has 0 saturated carbocycles. The van der Waals surface area contributed by atoms with Crippen LogP contribution in [0, 0.1) is 0 Å². The van der Waals surface area contributed by atoms with E-state index in [-0.39, 0.29) is 0 Å². The molecule has 8 nitrogen and oxygen atoms in total. The summed E-state index contributed by atoms with van der Waals surface area (Å²) in [6.07, 6.45) is 0. The van der Waals surface area contributed by atoms with Gasteiger partial charge in [0.1, 0.15) is 11.5 Å². The maximum Gasteiger partial charge on any atom is 0.338 e. The first kappa shape index (κ1) is 19.5. The van der Waals surface area contributed by atoms with Crippen LogP contribution in [0.25, 0.3) is 0 Å². The Kier molecular flexibility index (Phi) is 6.76. The zero-order chi connectivity index (χ0) is 19.1. The second-order valence-electron chi connectivity index (χ2n) is 4.85. The number of benzene rings is 2. The predicted molar refractivity (Wildman–Crippen MR) is 100 cm³/mol. The molecule has 2 aromatic carbocycles. The van der Waals surface area contributed by atoms with Crippen LogP contribution < -0.4 is 31.0 Å². The quantitative estimate of drug-likeness (QED) is 0.587. The molecular weight excluding hydrogens is 383 g/mol. The molecule has 10 heteroatoms. The minimum absolute atomic E-state index is 0.378. The lowest BCUT2D eigenvalue weighted by Gasteiger charge is -2.13. The summed E-state index contributed by atoms with van der Waals surface area (Å²) in [5.74, 6) is 0.756. The molecule has 0 aliphatic rings. The van der Waals surface area contributed by atoms with Crippen molar-refractivity contribution in [3.8, 4) is 11.5 Å². The van der Waals surface area contributed by atoms with Crippen molar-refractivity contribution < 1.29 is 19.1 Å². The summed E-state index contributed by atoms with van der Waals surface area (Å²) >= 11 is 11.7. The SMILES string of the molecule is COc1cc(Cl)ccc1NC(=O)NNC(=O)Nc1ccc(Cl)cc1OC.